The van der Waals surface area contributed by atoms with Crippen molar-refractivity contribution in [3.05, 3.63) is 71.5 Å². The summed E-state index contributed by atoms with van der Waals surface area (Å²) < 4.78 is 11.0. The van der Waals surface area contributed by atoms with Crippen LogP contribution in [0.25, 0.3) is 0 Å². The van der Waals surface area contributed by atoms with Gasteiger partial charge in [-0.05, 0) is 17.7 Å². The van der Waals surface area contributed by atoms with Gasteiger partial charge >= 0.3 is 5.97 Å². The van der Waals surface area contributed by atoms with Crippen LogP contribution in [0.3, 0.4) is 0 Å². The lowest BCUT2D eigenvalue weighted by molar-refractivity contribution is 0.0457. The Balaban J connectivity index is 1.67. The molecule has 0 bridgehead atoms. The average Bonchev–Trinajstić information content (AvgIpc) is 2.65. The molecule has 3 rings (SSSR count). The number of carbonyl (C=O) groups is 1. The number of para-hydroxylation sites is 1. The monoisotopic (exact) mass is 351 g/mol. The normalized spacial score (nSPS) is 10.3. The largest absolute Gasteiger partial charge is 0.488 e. The summed E-state index contributed by atoms with van der Waals surface area (Å²) in [6.45, 7) is 0.161. The molecule has 0 aliphatic heterocycles. The summed E-state index contributed by atoms with van der Waals surface area (Å²) in [6, 6.07) is 16.5. The van der Waals surface area contributed by atoms with Gasteiger partial charge in [-0.2, -0.15) is 15.0 Å². The molecule has 0 radical (unpaired) electrons. The third kappa shape index (κ3) is 4.44. The van der Waals surface area contributed by atoms with Crippen LogP contribution in [0.5, 0.6) is 5.75 Å². The summed E-state index contributed by atoms with van der Waals surface area (Å²) in [5.41, 5.74) is 12.3. The fourth-order valence-electron chi connectivity index (χ4n) is 2.23. The minimum atomic E-state index is -0.564. The van der Waals surface area contributed by atoms with E-state index >= 15 is 0 Å². The van der Waals surface area contributed by atoms with Gasteiger partial charge in [0.1, 0.15) is 17.9 Å². The highest BCUT2D eigenvalue weighted by atomic mass is 16.5. The number of nitrogens with zero attached hydrogens (tertiary/aromatic N) is 3. The van der Waals surface area contributed by atoms with Gasteiger partial charge < -0.3 is 20.9 Å². The molecule has 3 aromatic rings. The van der Waals surface area contributed by atoms with E-state index in [1.807, 2.05) is 30.3 Å². The number of hydrogen-bond donors (Lipinski definition) is 2. The molecule has 4 N–H and O–H groups in total. The molecule has 0 aliphatic carbocycles. The summed E-state index contributed by atoms with van der Waals surface area (Å²) in [6.07, 6.45) is 0. The number of hydrogen-bond acceptors (Lipinski definition) is 8. The third-order valence-electron chi connectivity index (χ3n) is 3.39. The van der Waals surface area contributed by atoms with Gasteiger partial charge in [0, 0.05) is 0 Å². The Kier molecular flexibility index (Phi) is 5.23. The number of rotatable bonds is 6. The van der Waals surface area contributed by atoms with Crippen LogP contribution in [0.2, 0.25) is 0 Å². The van der Waals surface area contributed by atoms with Gasteiger partial charge in [-0.25, -0.2) is 4.79 Å². The van der Waals surface area contributed by atoms with Crippen LogP contribution < -0.4 is 16.2 Å². The summed E-state index contributed by atoms with van der Waals surface area (Å²) >= 11 is 0. The molecule has 8 nitrogen and oxygen atoms in total. The van der Waals surface area contributed by atoms with Gasteiger partial charge in [0.15, 0.2) is 12.4 Å². The van der Waals surface area contributed by atoms with Crippen molar-refractivity contribution < 1.29 is 14.3 Å². The summed E-state index contributed by atoms with van der Waals surface area (Å²) in [5.74, 6) is -0.0291. The smallest absolute Gasteiger partial charge is 0.342 e. The minimum absolute atomic E-state index is 0.0323. The maximum atomic E-state index is 12.4. The second-order valence-corrected chi connectivity index (χ2v) is 5.31. The SMILES string of the molecule is Nc1nc(N)nc(COC(=O)c2ccccc2OCc2ccccc2)n1. The van der Waals surface area contributed by atoms with Crippen molar-refractivity contribution in [2.45, 2.75) is 13.2 Å². The van der Waals surface area contributed by atoms with E-state index in [-0.39, 0.29) is 24.3 Å². The molecule has 0 aliphatic rings. The molecular weight excluding hydrogens is 334 g/mol. The maximum Gasteiger partial charge on any atom is 0.342 e. The molecule has 8 heteroatoms. The lowest BCUT2D eigenvalue weighted by Gasteiger charge is -2.11. The summed E-state index contributed by atoms with van der Waals surface area (Å²) in [4.78, 5) is 23.8. The van der Waals surface area contributed by atoms with Crippen LogP contribution in [0.15, 0.2) is 54.6 Å². The number of benzene rings is 2. The molecule has 26 heavy (non-hydrogen) atoms. The van der Waals surface area contributed by atoms with Crippen molar-refractivity contribution in [1.82, 2.24) is 15.0 Å². The molecule has 0 saturated carbocycles. The Morgan fingerprint density at radius 1 is 0.846 bits per heavy atom. The van der Waals surface area contributed by atoms with Crippen LogP contribution in [-0.4, -0.2) is 20.9 Å². The Morgan fingerprint density at radius 2 is 1.50 bits per heavy atom. The first kappa shape index (κ1) is 17.2. The number of nitrogen functional groups attached to an aromatic ring is 2. The van der Waals surface area contributed by atoms with E-state index in [2.05, 4.69) is 15.0 Å². The topological polar surface area (TPSA) is 126 Å². The number of anilines is 2. The molecule has 132 valence electrons. The van der Waals surface area contributed by atoms with Crippen LogP contribution in [0, 0.1) is 0 Å². The first-order valence-corrected chi connectivity index (χ1v) is 7.80. The molecule has 0 spiro atoms. The lowest BCUT2D eigenvalue weighted by atomic mass is 10.2. The molecular formula is C18H17N5O3. The highest BCUT2D eigenvalue weighted by molar-refractivity contribution is 5.92. The lowest BCUT2D eigenvalue weighted by Crippen LogP contribution is -2.12. The van der Waals surface area contributed by atoms with Crippen molar-refractivity contribution in [2.75, 3.05) is 11.5 Å². The Hall–Kier alpha value is -3.68. The van der Waals surface area contributed by atoms with E-state index in [0.29, 0.717) is 17.9 Å². The Labute approximate surface area is 149 Å². The van der Waals surface area contributed by atoms with Crippen LogP contribution in [0.4, 0.5) is 11.9 Å². The molecule has 1 aromatic heterocycles. The van der Waals surface area contributed by atoms with Gasteiger partial charge in [-0.3, -0.25) is 0 Å². The van der Waals surface area contributed by atoms with E-state index < -0.39 is 5.97 Å². The van der Waals surface area contributed by atoms with Crippen molar-refractivity contribution >= 4 is 17.9 Å². The second-order valence-electron chi connectivity index (χ2n) is 5.31. The number of nitrogens with two attached hydrogens (primary N) is 2. The van der Waals surface area contributed by atoms with Crippen molar-refractivity contribution in [3.63, 3.8) is 0 Å². The molecule has 0 atom stereocenters. The average molecular weight is 351 g/mol. The fourth-order valence-corrected chi connectivity index (χ4v) is 2.23. The van der Waals surface area contributed by atoms with E-state index in [9.17, 15) is 4.79 Å². The van der Waals surface area contributed by atoms with Gasteiger partial charge in [-0.1, -0.05) is 42.5 Å². The third-order valence-corrected chi connectivity index (χ3v) is 3.39. The van der Waals surface area contributed by atoms with E-state index in [1.165, 1.54) is 0 Å². The first-order chi connectivity index (χ1) is 12.6. The van der Waals surface area contributed by atoms with Crippen molar-refractivity contribution in [2.24, 2.45) is 0 Å². The van der Waals surface area contributed by atoms with E-state index in [4.69, 9.17) is 20.9 Å². The highest BCUT2D eigenvalue weighted by Gasteiger charge is 2.15. The highest BCUT2D eigenvalue weighted by Crippen LogP contribution is 2.20. The molecule has 0 fully saturated rings. The predicted octanol–water partition coefficient (Wildman–Crippen LogP) is 1.97. The Morgan fingerprint density at radius 3 is 2.23 bits per heavy atom. The van der Waals surface area contributed by atoms with Crippen molar-refractivity contribution in [3.8, 4) is 5.75 Å². The van der Waals surface area contributed by atoms with Crippen LogP contribution in [-0.2, 0) is 18.0 Å². The fraction of sp³-hybridized carbons (Fsp3) is 0.111. The number of aromatic nitrogens is 3. The van der Waals surface area contributed by atoms with Crippen molar-refractivity contribution in [1.29, 1.82) is 0 Å². The molecule has 0 saturated heterocycles. The summed E-state index contributed by atoms with van der Waals surface area (Å²) in [7, 11) is 0. The van der Waals surface area contributed by atoms with Gasteiger partial charge in [0.2, 0.25) is 11.9 Å². The molecule has 1 heterocycles. The molecule has 2 aromatic carbocycles. The quantitative estimate of drug-likeness (QED) is 0.645. The number of carbonyl (C=O) groups excluding carboxylic acids is 1. The molecule has 0 unspecified atom stereocenters. The minimum Gasteiger partial charge on any atom is -0.488 e. The number of ether oxygens (including phenoxy) is 2. The van der Waals surface area contributed by atoms with Crippen LogP contribution in [0.1, 0.15) is 21.7 Å². The predicted molar refractivity (Wildman–Crippen MR) is 95.0 cm³/mol. The van der Waals surface area contributed by atoms with Gasteiger partial charge in [0.25, 0.3) is 0 Å². The number of esters is 1. The van der Waals surface area contributed by atoms with E-state index in [0.717, 1.165) is 5.56 Å². The van der Waals surface area contributed by atoms with Crippen LogP contribution >= 0.6 is 0 Å². The summed E-state index contributed by atoms with van der Waals surface area (Å²) in [5, 5.41) is 0. The maximum absolute atomic E-state index is 12.4. The zero-order valence-electron chi connectivity index (χ0n) is 13.8. The standard InChI is InChI=1S/C18H17N5O3/c19-17-21-15(22-18(20)23-17)11-26-16(24)13-8-4-5-9-14(13)25-10-12-6-2-1-3-7-12/h1-9H,10-11H2,(H4,19,20,21,22,23). The molecule has 0 amide bonds. The first-order valence-electron chi connectivity index (χ1n) is 7.80. The zero-order valence-corrected chi connectivity index (χ0v) is 13.8. The second kappa shape index (κ2) is 7.93. The zero-order chi connectivity index (χ0) is 18.4. The van der Waals surface area contributed by atoms with E-state index in [1.54, 1.807) is 24.3 Å². The van der Waals surface area contributed by atoms with Gasteiger partial charge in [0.05, 0.1) is 0 Å². The Bertz CT molecular complexity index is 882. The van der Waals surface area contributed by atoms with Gasteiger partial charge in [-0.15, -0.1) is 0 Å².